The zero-order chi connectivity index (χ0) is 20.3. The minimum absolute atomic E-state index is 0.285. The predicted molar refractivity (Wildman–Crippen MR) is 120 cm³/mol. The van der Waals surface area contributed by atoms with Crippen molar-refractivity contribution in [2.45, 2.75) is 73.4 Å². The van der Waals surface area contributed by atoms with Gasteiger partial charge in [0.2, 0.25) is 0 Å². The zero-order valence-electron chi connectivity index (χ0n) is 18.4. The Kier molecular flexibility index (Phi) is 4.74. The predicted octanol–water partition coefficient (Wildman–Crippen LogP) is 6.00. The summed E-state index contributed by atoms with van der Waals surface area (Å²) < 4.78 is 1.33. The number of rotatable bonds is 4. The molecule has 3 aromatic rings. The molecule has 0 amide bonds. The highest BCUT2D eigenvalue weighted by Gasteiger charge is 2.29. The molecule has 0 unspecified atom stereocenters. The average Bonchev–Trinajstić information content (AvgIpc) is 3.24. The van der Waals surface area contributed by atoms with E-state index >= 15 is 0 Å². The topological polar surface area (TPSA) is 47.7 Å². The Labute approximate surface area is 172 Å². The second-order valence-corrected chi connectivity index (χ2v) is 11.7. The summed E-state index contributed by atoms with van der Waals surface area (Å²) in [5, 5.41) is 7.98. The standard InChI is InChI=1S/C23H34N4S/c1-14(22(2,3)4)27(7)13-15-10-17-20(28-15)11-18(24-17)21-16-8-9-23(5,6)12-19(16)25-26-21/h10-11,14,24H,8-9,12-13H2,1-7H3,(H,25,26)/t14-/m0/s1. The summed E-state index contributed by atoms with van der Waals surface area (Å²) in [6, 6.07) is 5.13. The molecule has 0 aliphatic heterocycles. The van der Waals surface area contributed by atoms with E-state index in [0.717, 1.165) is 30.8 Å². The molecule has 1 aliphatic carbocycles. The van der Waals surface area contributed by atoms with Crippen LogP contribution in [0.4, 0.5) is 0 Å². The summed E-state index contributed by atoms with van der Waals surface area (Å²) in [4.78, 5) is 7.50. The summed E-state index contributed by atoms with van der Waals surface area (Å²) in [5.41, 5.74) is 6.90. The molecule has 0 aromatic carbocycles. The van der Waals surface area contributed by atoms with Gasteiger partial charge in [-0.2, -0.15) is 5.10 Å². The monoisotopic (exact) mass is 398 g/mol. The first-order chi connectivity index (χ1) is 13.0. The van der Waals surface area contributed by atoms with Crippen molar-refractivity contribution in [1.82, 2.24) is 20.1 Å². The summed E-state index contributed by atoms with van der Waals surface area (Å²) >= 11 is 1.90. The first kappa shape index (κ1) is 19.7. The molecule has 2 N–H and O–H groups in total. The maximum absolute atomic E-state index is 4.67. The van der Waals surface area contributed by atoms with Gasteiger partial charge in [0.05, 0.1) is 15.9 Å². The average molecular weight is 399 g/mol. The number of hydrogen-bond acceptors (Lipinski definition) is 3. The van der Waals surface area contributed by atoms with Crippen LogP contribution in [0.15, 0.2) is 12.1 Å². The third-order valence-electron chi connectivity index (χ3n) is 6.59. The first-order valence-corrected chi connectivity index (χ1v) is 11.2. The van der Waals surface area contributed by atoms with Crippen molar-refractivity contribution in [3.05, 3.63) is 28.3 Å². The summed E-state index contributed by atoms with van der Waals surface area (Å²) in [6.07, 6.45) is 3.43. The SMILES string of the molecule is C[C@H](N(C)Cc1cc2[nH]c(-c3n[nH]c4c3CCC(C)(C)C4)cc2s1)C(C)(C)C. The molecule has 0 bridgehead atoms. The van der Waals surface area contributed by atoms with E-state index in [4.69, 9.17) is 0 Å². The fourth-order valence-corrected chi connectivity index (χ4v) is 5.42. The van der Waals surface area contributed by atoms with Gasteiger partial charge in [0.15, 0.2) is 0 Å². The molecule has 5 heteroatoms. The molecule has 1 aliphatic rings. The van der Waals surface area contributed by atoms with Crippen molar-refractivity contribution >= 4 is 21.6 Å². The van der Waals surface area contributed by atoms with E-state index in [0.29, 0.717) is 11.5 Å². The van der Waals surface area contributed by atoms with Crippen LogP contribution in [0.25, 0.3) is 21.6 Å². The van der Waals surface area contributed by atoms with Crippen molar-refractivity contribution in [3.8, 4) is 11.4 Å². The Morgan fingerprint density at radius 1 is 1.29 bits per heavy atom. The maximum Gasteiger partial charge on any atom is 0.112 e. The van der Waals surface area contributed by atoms with E-state index in [2.05, 4.69) is 80.8 Å². The molecule has 1 atom stereocenters. The Bertz CT molecular complexity index is 951. The van der Waals surface area contributed by atoms with Crippen LogP contribution in [0.1, 0.15) is 64.1 Å². The van der Waals surface area contributed by atoms with Gasteiger partial charge in [0.1, 0.15) is 5.69 Å². The number of hydrogen-bond donors (Lipinski definition) is 2. The van der Waals surface area contributed by atoms with Crippen molar-refractivity contribution in [3.63, 3.8) is 0 Å². The van der Waals surface area contributed by atoms with Gasteiger partial charge >= 0.3 is 0 Å². The summed E-state index contributed by atoms with van der Waals surface area (Å²) in [6.45, 7) is 14.9. The normalized spacial score (nSPS) is 18.0. The molecule has 0 saturated heterocycles. The van der Waals surface area contributed by atoms with Crippen LogP contribution in [0.5, 0.6) is 0 Å². The van der Waals surface area contributed by atoms with Crippen molar-refractivity contribution in [2.24, 2.45) is 10.8 Å². The lowest BCUT2D eigenvalue weighted by Gasteiger charge is -2.35. The first-order valence-electron chi connectivity index (χ1n) is 10.4. The Morgan fingerprint density at radius 2 is 2.04 bits per heavy atom. The molecule has 152 valence electrons. The molecule has 0 fully saturated rings. The van der Waals surface area contributed by atoms with E-state index in [1.54, 1.807) is 0 Å². The van der Waals surface area contributed by atoms with Gasteiger partial charge in [-0.1, -0.05) is 34.6 Å². The molecular weight excluding hydrogens is 364 g/mol. The zero-order valence-corrected chi connectivity index (χ0v) is 19.2. The van der Waals surface area contributed by atoms with Crippen LogP contribution in [0, 0.1) is 10.8 Å². The van der Waals surface area contributed by atoms with E-state index in [1.807, 2.05) is 11.3 Å². The highest BCUT2D eigenvalue weighted by molar-refractivity contribution is 7.19. The van der Waals surface area contributed by atoms with Crippen LogP contribution in [0.2, 0.25) is 0 Å². The molecule has 4 nitrogen and oxygen atoms in total. The Morgan fingerprint density at radius 3 is 2.71 bits per heavy atom. The number of fused-ring (bicyclic) bond motifs is 2. The van der Waals surface area contributed by atoms with E-state index in [9.17, 15) is 0 Å². The van der Waals surface area contributed by atoms with Gasteiger partial charge in [0.25, 0.3) is 0 Å². The van der Waals surface area contributed by atoms with E-state index < -0.39 is 0 Å². The van der Waals surface area contributed by atoms with Gasteiger partial charge in [-0.3, -0.25) is 10.00 Å². The largest absolute Gasteiger partial charge is 0.352 e. The van der Waals surface area contributed by atoms with Crippen LogP contribution < -0.4 is 0 Å². The van der Waals surface area contributed by atoms with Crippen molar-refractivity contribution in [2.75, 3.05) is 7.05 Å². The number of nitrogens with zero attached hydrogens (tertiary/aromatic N) is 2. The fourth-order valence-electron chi connectivity index (χ4n) is 4.29. The van der Waals surface area contributed by atoms with Crippen LogP contribution in [-0.4, -0.2) is 33.2 Å². The van der Waals surface area contributed by atoms with Crippen molar-refractivity contribution in [1.29, 1.82) is 0 Å². The van der Waals surface area contributed by atoms with Gasteiger partial charge in [-0.05, 0) is 56.2 Å². The number of aromatic nitrogens is 3. The molecule has 0 saturated carbocycles. The van der Waals surface area contributed by atoms with Crippen molar-refractivity contribution < 1.29 is 0 Å². The smallest absolute Gasteiger partial charge is 0.112 e. The lowest BCUT2D eigenvalue weighted by atomic mass is 9.76. The second kappa shape index (κ2) is 6.74. The van der Waals surface area contributed by atoms with Gasteiger partial charge in [0, 0.05) is 28.7 Å². The molecule has 3 heterocycles. The van der Waals surface area contributed by atoms with E-state index in [1.165, 1.54) is 32.8 Å². The highest BCUT2D eigenvalue weighted by Crippen LogP contribution is 2.39. The van der Waals surface area contributed by atoms with E-state index in [-0.39, 0.29) is 5.41 Å². The molecule has 0 spiro atoms. The molecule has 3 aromatic heterocycles. The number of aromatic amines is 2. The van der Waals surface area contributed by atoms with Gasteiger partial charge in [-0.15, -0.1) is 11.3 Å². The number of nitrogens with one attached hydrogen (secondary N) is 2. The number of thiophene rings is 1. The summed E-state index contributed by atoms with van der Waals surface area (Å²) in [7, 11) is 2.23. The third-order valence-corrected chi connectivity index (χ3v) is 7.66. The molecular formula is C23H34N4S. The highest BCUT2D eigenvalue weighted by atomic mass is 32.1. The molecule has 28 heavy (non-hydrogen) atoms. The van der Waals surface area contributed by atoms with Gasteiger partial charge in [-0.25, -0.2) is 0 Å². The second-order valence-electron chi connectivity index (χ2n) is 10.5. The van der Waals surface area contributed by atoms with Crippen LogP contribution >= 0.6 is 11.3 Å². The number of H-pyrrole nitrogens is 2. The Balaban J connectivity index is 1.55. The Hall–Kier alpha value is -1.59. The fraction of sp³-hybridized carbons (Fsp3) is 0.609. The minimum Gasteiger partial charge on any atom is -0.352 e. The molecule has 4 rings (SSSR count). The van der Waals surface area contributed by atoms with Crippen LogP contribution in [0.3, 0.4) is 0 Å². The third kappa shape index (κ3) is 3.67. The lowest BCUT2D eigenvalue weighted by molar-refractivity contribution is 0.136. The maximum atomic E-state index is 4.67. The minimum atomic E-state index is 0.285. The molecule has 0 radical (unpaired) electrons. The van der Waals surface area contributed by atoms with Crippen LogP contribution in [-0.2, 0) is 19.4 Å². The van der Waals surface area contributed by atoms with Gasteiger partial charge < -0.3 is 4.98 Å². The summed E-state index contributed by atoms with van der Waals surface area (Å²) in [5.74, 6) is 0. The lowest BCUT2D eigenvalue weighted by Crippen LogP contribution is -2.38. The quantitative estimate of drug-likeness (QED) is 0.566.